The molecule has 2 aromatic carbocycles. The predicted molar refractivity (Wildman–Crippen MR) is 103 cm³/mol. The third-order valence-corrected chi connectivity index (χ3v) is 5.08. The highest BCUT2D eigenvalue weighted by Crippen LogP contribution is 2.28. The molecule has 0 radical (unpaired) electrons. The molecule has 3 rings (SSSR count). The van der Waals surface area contributed by atoms with Crippen molar-refractivity contribution in [3.8, 4) is 11.5 Å². The number of ketones is 1. The first-order valence-electron chi connectivity index (χ1n) is 9.20. The lowest BCUT2D eigenvalue weighted by atomic mass is 9.88. The SMILES string of the molecule is COc1ccc(CC(=O)N2CCC(C(=O)c3ccccc3)CC2)cc1OC. The number of likely N-dealkylation sites (tertiary alicyclic amines) is 1. The number of carbonyl (C=O) groups is 2. The minimum atomic E-state index is -0.00229. The van der Waals surface area contributed by atoms with Gasteiger partial charge in [-0.25, -0.2) is 0 Å². The molecule has 0 saturated carbocycles. The normalized spacial score (nSPS) is 14.7. The summed E-state index contributed by atoms with van der Waals surface area (Å²) >= 11 is 0. The van der Waals surface area contributed by atoms with Crippen LogP contribution in [-0.2, 0) is 11.2 Å². The van der Waals surface area contributed by atoms with Crippen molar-refractivity contribution >= 4 is 11.7 Å². The molecule has 1 saturated heterocycles. The Labute approximate surface area is 159 Å². The van der Waals surface area contributed by atoms with Crippen molar-refractivity contribution in [1.29, 1.82) is 0 Å². The molecule has 1 fully saturated rings. The fraction of sp³-hybridized carbons (Fsp3) is 0.364. The van der Waals surface area contributed by atoms with Gasteiger partial charge in [-0.2, -0.15) is 0 Å². The van der Waals surface area contributed by atoms with Crippen LogP contribution in [0.15, 0.2) is 48.5 Å². The van der Waals surface area contributed by atoms with E-state index in [-0.39, 0.29) is 17.6 Å². The topological polar surface area (TPSA) is 55.8 Å². The average Bonchev–Trinajstić information content (AvgIpc) is 2.73. The molecule has 142 valence electrons. The second kappa shape index (κ2) is 8.71. The van der Waals surface area contributed by atoms with Gasteiger partial charge in [-0.1, -0.05) is 36.4 Å². The number of ether oxygens (including phenoxy) is 2. The third-order valence-electron chi connectivity index (χ3n) is 5.08. The Hall–Kier alpha value is -2.82. The Balaban J connectivity index is 1.56. The van der Waals surface area contributed by atoms with Crippen molar-refractivity contribution in [3.05, 3.63) is 59.7 Å². The van der Waals surface area contributed by atoms with Crippen LogP contribution in [0, 0.1) is 5.92 Å². The van der Waals surface area contributed by atoms with Crippen molar-refractivity contribution in [2.24, 2.45) is 5.92 Å². The van der Waals surface area contributed by atoms with Gasteiger partial charge in [0, 0.05) is 24.6 Å². The zero-order valence-corrected chi connectivity index (χ0v) is 15.8. The van der Waals surface area contributed by atoms with E-state index in [0.717, 1.165) is 11.1 Å². The number of methoxy groups -OCH3 is 2. The Morgan fingerprint density at radius 1 is 0.963 bits per heavy atom. The lowest BCUT2D eigenvalue weighted by Crippen LogP contribution is -2.41. The largest absolute Gasteiger partial charge is 0.493 e. The molecule has 1 amide bonds. The predicted octanol–water partition coefficient (Wildman–Crippen LogP) is 3.37. The summed E-state index contributed by atoms with van der Waals surface area (Å²) in [6.07, 6.45) is 1.74. The van der Waals surface area contributed by atoms with E-state index in [1.54, 1.807) is 14.2 Å². The van der Waals surface area contributed by atoms with E-state index in [0.29, 0.717) is 43.9 Å². The van der Waals surface area contributed by atoms with Crippen molar-refractivity contribution in [3.63, 3.8) is 0 Å². The summed E-state index contributed by atoms with van der Waals surface area (Å²) in [6, 6.07) is 14.9. The molecule has 0 aromatic heterocycles. The van der Waals surface area contributed by atoms with Gasteiger partial charge in [-0.3, -0.25) is 9.59 Å². The molecular weight excluding hydrogens is 342 g/mol. The maximum atomic E-state index is 12.6. The molecule has 5 nitrogen and oxygen atoms in total. The second-order valence-electron chi connectivity index (χ2n) is 6.75. The van der Waals surface area contributed by atoms with Crippen molar-refractivity contribution < 1.29 is 19.1 Å². The van der Waals surface area contributed by atoms with E-state index in [4.69, 9.17) is 9.47 Å². The lowest BCUT2D eigenvalue weighted by molar-refractivity contribution is -0.131. The number of hydrogen-bond donors (Lipinski definition) is 0. The van der Waals surface area contributed by atoms with Gasteiger partial charge in [-0.15, -0.1) is 0 Å². The minimum absolute atomic E-state index is 0.00229. The van der Waals surface area contributed by atoms with Crippen molar-refractivity contribution in [1.82, 2.24) is 4.90 Å². The van der Waals surface area contributed by atoms with E-state index in [9.17, 15) is 9.59 Å². The molecule has 1 heterocycles. The van der Waals surface area contributed by atoms with Crippen molar-refractivity contribution in [2.45, 2.75) is 19.3 Å². The van der Waals surface area contributed by atoms with Gasteiger partial charge in [0.25, 0.3) is 0 Å². The van der Waals surface area contributed by atoms with Crippen LogP contribution in [0.2, 0.25) is 0 Å². The van der Waals surface area contributed by atoms with Crippen LogP contribution >= 0.6 is 0 Å². The molecule has 0 N–H and O–H groups in total. The highest BCUT2D eigenvalue weighted by Gasteiger charge is 2.27. The maximum absolute atomic E-state index is 12.6. The van der Waals surface area contributed by atoms with Crippen LogP contribution in [0.3, 0.4) is 0 Å². The van der Waals surface area contributed by atoms with E-state index in [1.807, 2.05) is 53.4 Å². The van der Waals surface area contributed by atoms with Gasteiger partial charge in [0.1, 0.15) is 0 Å². The fourth-order valence-corrected chi connectivity index (χ4v) is 3.51. The maximum Gasteiger partial charge on any atom is 0.226 e. The summed E-state index contributed by atoms with van der Waals surface area (Å²) in [6.45, 7) is 1.24. The number of nitrogens with zero attached hydrogens (tertiary/aromatic N) is 1. The highest BCUT2D eigenvalue weighted by molar-refractivity contribution is 5.98. The number of hydrogen-bond acceptors (Lipinski definition) is 4. The Kier molecular flexibility index (Phi) is 6.12. The number of Topliss-reactive ketones (excluding diaryl/α,β-unsaturated/α-hetero) is 1. The molecule has 0 aliphatic carbocycles. The minimum Gasteiger partial charge on any atom is -0.493 e. The molecular formula is C22H25NO4. The summed E-state index contributed by atoms with van der Waals surface area (Å²) < 4.78 is 10.5. The first kappa shape index (κ1) is 19.0. The zero-order chi connectivity index (χ0) is 19.2. The van der Waals surface area contributed by atoms with E-state index >= 15 is 0 Å². The van der Waals surface area contributed by atoms with Gasteiger partial charge in [0.15, 0.2) is 17.3 Å². The average molecular weight is 367 g/mol. The summed E-state index contributed by atoms with van der Waals surface area (Å²) in [4.78, 5) is 27.1. The molecule has 0 spiro atoms. The Bertz CT molecular complexity index is 795. The smallest absolute Gasteiger partial charge is 0.226 e. The van der Waals surface area contributed by atoms with Crippen LogP contribution < -0.4 is 9.47 Å². The molecule has 2 aromatic rings. The third kappa shape index (κ3) is 4.48. The van der Waals surface area contributed by atoms with Crippen LogP contribution in [0.1, 0.15) is 28.8 Å². The molecule has 27 heavy (non-hydrogen) atoms. The van der Waals surface area contributed by atoms with Gasteiger partial charge < -0.3 is 14.4 Å². The summed E-state index contributed by atoms with van der Waals surface area (Å²) in [5, 5.41) is 0. The Morgan fingerprint density at radius 3 is 2.26 bits per heavy atom. The first-order valence-corrected chi connectivity index (χ1v) is 9.20. The van der Waals surface area contributed by atoms with E-state index in [1.165, 1.54) is 0 Å². The molecule has 1 aliphatic heterocycles. The van der Waals surface area contributed by atoms with Crippen LogP contribution in [0.5, 0.6) is 11.5 Å². The van der Waals surface area contributed by atoms with Crippen LogP contribution in [0.25, 0.3) is 0 Å². The zero-order valence-electron chi connectivity index (χ0n) is 15.8. The van der Waals surface area contributed by atoms with Gasteiger partial charge in [0.2, 0.25) is 5.91 Å². The number of piperidine rings is 1. The molecule has 0 bridgehead atoms. The van der Waals surface area contributed by atoms with E-state index < -0.39 is 0 Å². The summed E-state index contributed by atoms with van der Waals surface area (Å²) in [5.74, 6) is 1.52. The summed E-state index contributed by atoms with van der Waals surface area (Å²) in [7, 11) is 3.17. The highest BCUT2D eigenvalue weighted by atomic mass is 16.5. The quantitative estimate of drug-likeness (QED) is 0.735. The van der Waals surface area contributed by atoms with E-state index in [2.05, 4.69) is 0 Å². The second-order valence-corrected chi connectivity index (χ2v) is 6.75. The number of rotatable bonds is 6. The fourth-order valence-electron chi connectivity index (χ4n) is 3.51. The van der Waals surface area contributed by atoms with Gasteiger partial charge >= 0.3 is 0 Å². The summed E-state index contributed by atoms with van der Waals surface area (Å²) in [5.41, 5.74) is 1.65. The standard InChI is InChI=1S/C22H25NO4/c1-26-19-9-8-16(14-20(19)27-2)15-21(24)23-12-10-18(11-13-23)22(25)17-6-4-3-5-7-17/h3-9,14,18H,10-13,15H2,1-2H3. The number of amides is 1. The van der Waals surface area contributed by atoms with Gasteiger partial charge in [-0.05, 0) is 30.5 Å². The van der Waals surface area contributed by atoms with Crippen LogP contribution in [-0.4, -0.2) is 43.9 Å². The Morgan fingerprint density at radius 2 is 1.63 bits per heavy atom. The molecule has 0 atom stereocenters. The van der Waals surface area contributed by atoms with Crippen molar-refractivity contribution in [2.75, 3.05) is 27.3 Å². The first-order chi connectivity index (χ1) is 13.1. The monoisotopic (exact) mass is 367 g/mol. The van der Waals surface area contributed by atoms with Gasteiger partial charge in [0.05, 0.1) is 20.6 Å². The molecule has 1 aliphatic rings. The molecule has 5 heteroatoms. The number of benzene rings is 2. The molecule has 0 unspecified atom stereocenters. The number of carbonyl (C=O) groups excluding carboxylic acids is 2. The lowest BCUT2D eigenvalue weighted by Gasteiger charge is -2.31. The van der Waals surface area contributed by atoms with Crippen LogP contribution in [0.4, 0.5) is 0 Å².